The predicted molar refractivity (Wildman–Crippen MR) is 63.7 cm³/mol. The van der Waals surface area contributed by atoms with Crippen LogP contribution in [0.4, 0.5) is 0 Å². The summed E-state index contributed by atoms with van der Waals surface area (Å²) in [5.74, 6) is 0.713. The van der Waals surface area contributed by atoms with Crippen LogP contribution < -0.4 is 0 Å². The summed E-state index contributed by atoms with van der Waals surface area (Å²) in [5.41, 5.74) is 0. The molecule has 0 bridgehead atoms. The smallest absolute Gasteiger partial charge is 0.0265 e. The van der Waals surface area contributed by atoms with Crippen LogP contribution in [0.2, 0.25) is 0 Å². The average Bonchev–Trinajstić information content (AvgIpc) is 2.12. The highest BCUT2D eigenvalue weighted by Gasteiger charge is 1.89. The van der Waals surface area contributed by atoms with Crippen molar-refractivity contribution >= 4 is 0 Å². The van der Waals surface area contributed by atoms with Crippen molar-refractivity contribution in [1.82, 2.24) is 0 Å². The standard InChI is InChI=1S/C7H14.2C2H6.CH4/c1-4-6-7(3)5-2;2*1-2;/h5,7H,2,4,6H2,1,3H3;2*1-2H3;1H4. The lowest BCUT2D eigenvalue weighted by molar-refractivity contribution is 0.635. The molecular formula is C12H30. The Labute approximate surface area is 81.1 Å². The molecular weight excluding hydrogens is 144 g/mol. The van der Waals surface area contributed by atoms with Gasteiger partial charge < -0.3 is 0 Å². The van der Waals surface area contributed by atoms with Gasteiger partial charge in [0.1, 0.15) is 0 Å². The minimum absolute atomic E-state index is 0. The van der Waals surface area contributed by atoms with Crippen LogP contribution in [0.15, 0.2) is 12.7 Å². The summed E-state index contributed by atoms with van der Waals surface area (Å²) < 4.78 is 0. The van der Waals surface area contributed by atoms with Crippen molar-refractivity contribution in [2.24, 2.45) is 5.92 Å². The van der Waals surface area contributed by atoms with E-state index in [1.807, 2.05) is 33.8 Å². The summed E-state index contributed by atoms with van der Waals surface area (Å²) in [6.45, 7) is 16.1. The lowest BCUT2D eigenvalue weighted by atomic mass is 10.1. The number of hydrogen-bond donors (Lipinski definition) is 0. The Kier molecular flexibility index (Phi) is 58.3. The molecule has 0 saturated heterocycles. The molecule has 0 spiro atoms. The molecule has 0 nitrogen and oxygen atoms in total. The van der Waals surface area contributed by atoms with Crippen molar-refractivity contribution in [3.05, 3.63) is 12.7 Å². The van der Waals surface area contributed by atoms with Crippen LogP contribution in [-0.4, -0.2) is 0 Å². The largest absolute Gasteiger partial charge is 0.103 e. The van der Waals surface area contributed by atoms with Crippen molar-refractivity contribution in [2.45, 2.75) is 61.8 Å². The Morgan fingerprint density at radius 3 is 1.58 bits per heavy atom. The number of hydrogen-bond acceptors (Lipinski definition) is 0. The van der Waals surface area contributed by atoms with Crippen LogP contribution in [0.3, 0.4) is 0 Å². The minimum atomic E-state index is 0. The van der Waals surface area contributed by atoms with Gasteiger partial charge in [0.05, 0.1) is 0 Å². The molecule has 0 saturated carbocycles. The third-order valence-electron chi connectivity index (χ3n) is 1.15. The zero-order valence-corrected chi connectivity index (χ0v) is 9.28. The molecule has 0 N–H and O–H groups in total. The molecule has 0 aromatic rings. The van der Waals surface area contributed by atoms with E-state index >= 15 is 0 Å². The number of rotatable bonds is 3. The molecule has 0 amide bonds. The molecule has 0 aliphatic carbocycles. The highest BCUT2D eigenvalue weighted by Crippen LogP contribution is 2.03. The first kappa shape index (κ1) is 22.6. The lowest BCUT2D eigenvalue weighted by Gasteiger charge is -1.98. The highest BCUT2D eigenvalue weighted by molar-refractivity contribution is 4.73. The van der Waals surface area contributed by atoms with Gasteiger partial charge in [0.15, 0.2) is 0 Å². The van der Waals surface area contributed by atoms with Crippen molar-refractivity contribution < 1.29 is 0 Å². The fourth-order valence-corrected chi connectivity index (χ4v) is 0.573. The third-order valence-corrected chi connectivity index (χ3v) is 1.15. The van der Waals surface area contributed by atoms with Crippen molar-refractivity contribution in [3.8, 4) is 0 Å². The molecule has 0 aliphatic rings. The Balaban J connectivity index is -0.0000000560. The maximum absolute atomic E-state index is 3.68. The maximum atomic E-state index is 3.68. The van der Waals surface area contributed by atoms with Crippen LogP contribution in [0, 0.1) is 5.92 Å². The van der Waals surface area contributed by atoms with E-state index in [0.29, 0.717) is 5.92 Å². The van der Waals surface area contributed by atoms with Gasteiger partial charge in [-0.2, -0.15) is 0 Å². The molecule has 1 unspecified atom stereocenters. The molecule has 0 aromatic carbocycles. The first-order valence-electron chi connectivity index (χ1n) is 4.93. The van der Waals surface area contributed by atoms with Gasteiger partial charge in [-0.3, -0.25) is 0 Å². The lowest BCUT2D eigenvalue weighted by Crippen LogP contribution is -1.84. The van der Waals surface area contributed by atoms with Crippen LogP contribution in [0.5, 0.6) is 0 Å². The monoisotopic (exact) mass is 174 g/mol. The summed E-state index contributed by atoms with van der Waals surface area (Å²) in [6, 6.07) is 0. The molecule has 78 valence electrons. The van der Waals surface area contributed by atoms with Gasteiger partial charge in [0.25, 0.3) is 0 Å². The fourth-order valence-electron chi connectivity index (χ4n) is 0.573. The molecule has 1 atom stereocenters. The highest BCUT2D eigenvalue weighted by atomic mass is 13.9. The SMILES string of the molecule is C.C=CC(C)CCC.CC.CC. The second kappa shape index (κ2) is 30.9. The van der Waals surface area contributed by atoms with Crippen LogP contribution in [-0.2, 0) is 0 Å². The average molecular weight is 174 g/mol. The van der Waals surface area contributed by atoms with E-state index in [-0.39, 0.29) is 7.43 Å². The van der Waals surface area contributed by atoms with E-state index in [0.717, 1.165) is 0 Å². The quantitative estimate of drug-likeness (QED) is 0.509. The van der Waals surface area contributed by atoms with Gasteiger partial charge in [0, 0.05) is 0 Å². The van der Waals surface area contributed by atoms with E-state index in [9.17, 15) is 0 Å². The van der Waals surface area contributed by atoms with Crippen LogP contribution in [0.25, 0.3) is 0 Å². The van der Waals surface area contributed by atoms with E-state index < -0.39 is 0 Å². The fraction of sp³-hybridized carbons (Fsp3) is 0.833. The Morgan fingerprint density at radius 2 is 1.50 bits per heavy atom. The minimum Gasteiger partial charge on any atom is -0.103 e. The molecule has 0 radical (unpaired) electrons. The number of allylic oxidation sites excluding steroid dienone is 1. The Morgan fingerprint density at radius 1 is 1.17 bits per heavy atom. The maximum Gasteiger partial charge on any atom is -0.0265 e. The summed E-state index contributed by atoms with van der Waals surface area (Å²) >= 11 is 0. The first-order valence-corrected chi connectivity index (χ1v) is 4.93. The van der Waals surface area contributed by atoms with E-state index in [2.05, 4.69) is 20.4 Å². The summed E-state index contributed by atoms with van der Waals surface area (Å²) in [6.07, 6.45) is 4.56. The van der Waals surface area contributed by atoms with Crippen LogP contribution in [0.1, 0.15) is 61.8 Å². The zero-order valence-electron chi connectivity index (χ0n) is 9.28. The van der Waals surface area contributed by atoms with Gasteiger partial charge in [-0.05, 0) is 12.3 Å². The van der Waals surface area contributed by atoms with E-state index in [1.54, 1.807) is 0 Å². The van der Waals surface area contributed by atoms with Crippen molar-refractivity contribution in [1.29, 1.82) is 0 Å². The van der Waals surface area contributed by atoms with Gasteiger partial charge in [0.2, 0.25) is 0 Å². The molecule has 0 fully saturated rings. The summed E-state index contributed by atoms with van der Waals surface area (Å²) in [5, 5.41) is 0. The predicted octanol–water partition coefficient (Wildman–Crippen LogP) is 5.30. The molecule has 0 heterocycles. The van der Waals surface area contributed by atoms with Crippen molar-refractivity contribution in [3.63, 3.8) is 0 Å². The Bertz CT molecular complexity index is 46.0. The second-order valence-corrected chi connectivity index (χ2v) is 2.00. The van der Waals surface area contributed by atoms with Gasteiger partial charge in [-0.25, -0.2) is 0 Å². The van der Waals surface area contributed by atoms with Gasteiger partial charge in [-0.1, -0.05) is 61.5 Å². The Hall–Kier alpha value is -0.260. The molecule has 0 aliphatic heterocycles. The topological polar surface area (TPSA) is 0 Å². The van der Waals surface area contributed by atoms with Crippen molar-refractivity contribution in [2.75, 3.05) is 0 Å². The zero-order chi connectivity index (χ0) is 9.70. The summed E-state index contributed by atoms with van der Waals surface area (Å²) in [7, 11) is 0. The summed E-state index contributed by atoms with van der Waals surface area (Å²) in [4.78, 5) is 0. The first-order chi connectivity index (χ1) is 5.31. The second-order valence-electron chi connectivity index (χ2n) is 2.00. The molecule has 12 heavy (non-hydrogen) atoms. The van der Waals surface area contributed by atoms with Crippen LogP contribution >= 0.6 is 0 Å². The molecule has 0 rings (SSSR count). The van der Waals surface area contributed by atoms with Gasteiger partial charge >= 0.3 is 0 Å². The van der Waals surface area contributed by atoms with Gasteiger partial charge in [-0.15, -0.1) is 6.58 Å². The van der Waals surface area contributed by atoms with E-state index in [1.165, 1.54) is 12.8 Å². The normalized spacial score (nSPS) is 8.83. The van der Waals surface area contributed by atoms with E-state index in [4.69, 9.17) is 0 Å². The molecule has 0 heteroatoms. The third kappa shape index (κ3) is 33.1. The molecule has 0 aromatic heterocycles.